The van der Waals surface area contributed by atoms with E-state index >= 15 is 0 Å². The third kappa shape index (κ3) is 4.22. The standard InChI is InChI=1S/C16H17ClO3S/c1-11-8-13(16(18)19-2)14(17)9-15(11)20-6-3-4-12-5-7-21-10-12/h5,7-10H,3-4,6H2,1-2H3. The van der Waals surface area contributed by atoms with Crippen molar-refractivity contribution in [1.29, 1.82) is 0 Å². The smallest absolute Gasteiger partial charge is 0.339 e. The molecule has 1 heterocycles. The van der Waals surface area contributed by atoms with Gasteiger partial charge in [0.05, 0.1) is 24.3 Å². The molecular formula is C16H17ClO3S. The van der Waals surface area contributed by atoms with E-state index in [2.05, 4.69) is 21.6 Å². The molecule has 21 heavy (non-hydrogen) atoms. The van der Waals surface area contributed by atoms with Gasteiger partial charge in [0.15, 0.2) is 0 Å². The Kier molecular flexibility index (Phi) is 5.65. The summed E-state index contributed by atoms with van der Waals surface area (Å²) in [5.41, 5.74) is 2.57. The summed E-state index contributed by atoms with van der Waals surface area (Å²) < 4.78 is 10.4. The number of benzene rings is 1. The van der Waals surface area contributed by atoms with E-state index in [4.69, 9.17) is 16.3 Å². The molecule has 5 heteroatoms. The molecule has 1 aromatic heterocycles. The number of halogens is 1. The Bertz CT molecular complexity index is 608. The highest BCUT2D eigenvalue weighted by Crippen LogP contribution is 2.27. The molecule has 0 amide bonds. The number of methoxy groups -OCH3 is 1. The van der Waals surface area contributed by atoms with Gasteiger partial charge in [-0.3, -0.25) is 0 Å². The van der Waals surface area contributed by atoms with Crippen LogP contribution in [0.4, 0.5) is 0 Å². The number of carbonyl (C=O) groups is 1. The maximum atomic E-state index is 11.5. The van der Waals surface area contributed by atoms with Crippen LogP contribution in [0.1, 0.15) is 27.9 Å². The van der Waals surface area contributed by atoms with Crippen molar-refractivity contribution in [2.75, 3.05) is 13.7 Å². The minimum Gasteiger partial charge on any atom is -0.493 e. The van der Waals surface area contributed by atoms with Gasteiger partial charge in [-0.15, -0.1) is 0 Å². The van der Waals surface area contributed by atoms with E-state index in [1.54, 1.807) is 23.5 Å². The zero-order valence-electron chi connectivity index (χ0n) is 12.0. The van der Waals surface area contributed by atoms with Crippen molar-refractivity contribution in [1.82, 2.24) is 0 Å². The van der Waals surface area contributed by atoms with Crippen molar-refractivity contribution in [3.05, 3.63) is 50.7 Å². The van der Waals surface area contributed by atoms with Crippen LogP contribution < -0.4 is 4.74 Å². The van der Waals surface area contributed by atoms with Crippen LogP contribution in [0.2, 0.25) is 5.02 Å². The van der Waals surface area contributed by atoms with Gasteiger partial charge in [-0.1, -0.05) is 11.6 Å². The summed E-state index contributed by atoms with van der Waals surface area (Å²) in [5, 5.41) is 4.57. The molecule has 1 aromatic carbocycles. The second-order valence-electron chi connectivity index (χ2n) is 4.67. The van der Waals surface area contributed by atoms with Gasteiger partial charge in [0.1, 0.15) is 5.75 Å². The molecule has 0 aliphatic rings. The first-order valence-electron chi connectivity index (χ1n) is 6.64. The average molecular weight is 325 g/mol. The molecule has 0 saturated carbocycles. The molecule has 0 radical (unpaired) electrons. The van der Waals surface area contributed by atoms with E-state index in [9.17, 15) is 4.79 Å². The highest BCUT2D eigenvalue weighted by Gasteiger charge is 2.14. The van der Waals surface area contributed by atoms with Crippen molar-refractivity contribution in [3.63, 3.8) is 0 Å². The zero-order chi connectivity index (χ0) is 15.2. The number of carbonyl (C=O) groups excluding carboxylic acids is 1. The molecule has 0 unspecified atom stereocenters. The van der Waals surface area contributed by atoms with Crippen molar-refractivity contribution in [3.8, 4) is 5.75 Å². The normalized spacial score (nSPS) is 10.4. The molecule has 0 aliphatic carbocycles. The third-order valence-corrected chi connectivity index (χ3v) is 4.16. The number of thiophene rings is 1. The minimum atomic E-state index is -0.438. The number of esters is 1. The summed E-state index contributed by atoms with van der Waals surface area (Å²) in [5.74, 6) is 0.269. The maximum absolute atomic E-state index is 11.5. The van der Waals surface area contributed by atoms with Crippen LogP contribution in [0, 0.1) is 6.92 Å². The first-order valence-corrected chi connectivity index (χ1v) is 7.96. The summed E-state index contributed by atoms with van der Waals surface area (Å²) in [7, 11) is 1.34. The number of aryl methyl sites for hydroxylation is 2. The zero-order valence-corrected chi connectivity index (χ0v) is 13.6. The minimum absolute atomic E-state index is 0.347. The number of ether oxygens (including phenoxy) is 2. The summed E-state index contributed by atoms with van der Waals surface area (Å²) in [6.45, 7) is 2.50. The van der Waals surface area contributed by atoms with E-state index < -0.39 is 5.97 Å². The Labute approximate surface area is 133 Å². The predicted molar refractivity (Wildman–Crippen MR) is 85.7 cm³/mol. The van der Waals surface area contributed by atoms with E-state index in [1.807, 2.05) is 6.92 Å². The molecule has 2 rings (SSSR count). The van der Waals surface area contributed by atoms with E-state index in [-0.39, 0.29) is 0 Å². The summed E-state index contributed by atoms with van der Waals surface area (Å²) in [6.07, 6.45) is 1.93. The summed E-state index contributed by atoms with van der Waals surface area (Å²) >= 11 is 7.79. The maximum Gasteiger partial charge on any atom is 0.339 e. The average Bonchev–Trinajstić information content (AvgIpc) is 2.99. The lowest BCUT2D eigenvalue weighted by atomic mass is 10.1. The third-order valence-electron chi connectivity index (χ3n) is 3.12. The fourth-order valence-electron chi connectivity index (χ4n) is 1.98. The highest BCUT2D eigenvalue weighted by atomic mass is 35.5. The van der Waals surface area contributed by atoms with Gasteiger partial charge in [0.25, 0.3) is 0 Å². The van der Waals surface area contributed by atoms with Gasteiger partial charge >= 0.3 is 5.97 Å². The van der Waals surface area contributed by atoms with Gasteiger partial charge in [-0.2, -0.15) is 11.3 Å². The molecule has 0 saturated heterocycles. The van der Waals surface area contributed by atoms with Crippen LogP contribution in [-0.4, -0.2) is 19.7 Å². The quantitative estimate of drug-likeness (QED) is 0.579. The molecule has 0 bridgehead atoms. The van der Waals surface area contributed by atoms with Crippen LogP contribution in [0.25, 0.3) is 0 Å². The molecular weight excluding hydrogens is 308 g/mol. The Balaban J connectivity index is 1.94. The van der Waals surface area contributed by atoms with Gasteiger partial charge in [0, 0.05) is 0 Å². The Morgan fingerprint density at radius 3 is 2.86 bits per heavy atom. The second kappa shape index (κ2) is 7.48. The van der Waals surface area contributed by atoms with Crippen LogP contribution in [-0.2, 0) is 11.2 Å². The van der Waals surface area contributed by atoms with E-state index in [0.29, 0.717) is 22.9 Å². The molecule has 0 spiro atoms. The van der Waals surface area contributed by atoms with E-state index in [1.165, 1.54) is 12.7 Å². The number of rotatable bonds is 6. The first-order chi connectivity index (χ1) is 10.1. The fourth-order valence-corrected chi connectivity index (χ4v) is 2.91. The van der Waals surface area contributed by atoms with Gasteiger partial charge in [0.2, 0.25) is 0 Å². The van der Waals surface area contributed by atoms with Crippen molar-refractivity contribution < 1.29 is 14.3 Å². The molecule has 0 atom stereocenters. The first kappa shape index (κ1) is 15.9. The van der Waals surface area contributed by atoms with Crippen LogP contribution in [0.15, 0.2) is 29.0 Å². The fraction of sp³-hybridized carbons (Fsp3) is 0.312. The number of hydrogen-bond acceptors (Lipinski definition) is 4. The van der Waals surface area contributed by atoms with Gasteiger partial charge in [-0.25, -0.2) is 4.79 Å². The largest absolute Gasteiger partial charge is 0.493 e. The predicted octanol–water partition coefficient (Wildman–Crippen LogP) is 4.51. The lowest BCUT2D eigenvalue weighted by Crippen LogP contribution is -2.05. The van der Waals surface area contributed by atoms with Crippen LogP contribution >= 0.6 is 22.9 Å². The Hall–Kier alpha value is -1.52. The van der Waals surface area contributed by atoms with Crippen molar-refractivity contribution in [2.24, 2.45) is 0 Å². The van der Waals surface area contributed by atoms with Crippen LogP contribution in [0.3, 0.4) is 0 Å². The Morgan fingerprint density at radius 1 is 1.38 bits per heavy atom. The lowest BCUT2D eigenvalue weighted by molar-refractivity contribution is 0.0601. The molecule has 0 fully saturated rings. The molecule has 2 aromatic rings. The van der Waals surface area contributed by atoms with Gasteiger partial charge < -0.3 is 9.47 Å². The highest BCUT2D eigenvalue weighted by molar-refractivity contribution is 7.07. The van der Waals surface area contributed by atoms with E-state index in [0.717, 1.165) is 18.4 Å². The SMILES string of the molecule is COC(=O)c1cc(C)c(OCCCc2ccsc2)cc1Cl. The topological polar surface area (TPSA) is 35.5 Å². The van der Waals surface area contributed by atoms with Crippen molar-refractivity contribution >= 4 is 28.9 Å². The molecule has 0 N–H and O–H groups in total. The number of hydrogen-bond donors (Lipinski definition) is 0. The van der Waals surface area contributed by atoms with Gasteiger partial charge in [-0.05, 0) is 59.9 Å². The molecule has 3 nitrogen and oxygen atoms in total. The molecule has 0 aliphatic heterocycles. The molecule has 112 valence electrons. The second-order valence-corrected chi connectivity index (χ2v) is 5.86. The Morgan fingerprint density at radius 2 is 2.19 bits per heavy atom. The van der Waals surface area contributed by atoms with Crippen LogP contribution in [0.5, 0.6) is 5.75 Å². The summed E-state index contributed by atoms with van der Waals surface area (Å²) in [4.78, 5) is 11.5. The summed E-state index contributed by atoms with van der Waals surface area (Å²) in [6, 6.07) is 5.49. The monoisotopic (exact) mass is 324 g/mol. The lowest BCUT2D eigenvalue weighted by Gasteiger charge is -2.11. The van der Waals surface area contributed by atoms with Crippen molar-refractivity contribution in [2.45, 2.75) is 19.8 Å².